The summed E-state index contributed by atoms with van der Waals surface area (Å²) in [7, 11) is 3.80. The number of hydrogen-bond acceptors (Lipinski definition) is 10. The minimum Gasteiger partial charge on any atom is -0.488 e. The molecule has 0 spiro atoms. The molecular weight excluding hydrogens is 506 g/mol. The average molecular weight is 558 g/mol. The summed E-state index contributed by atoms with van der Waals surface area (Å²) >= 11 is 0. The number of carbonyl (C=O) groups is 1. The van der Waals surface area contributed by atoms with Gasteiger partial charge in [-0.2, -0.15) is 0 Å². The molecule has 0 aromatic carbocycles. The highest BCUT2D eigenvalue weighted by atomic mass is 16.7. The fourth-order valence-corrected chi connectivity index (χ4v) is 6.73. The molecule has 226 valence electrons. The first-order valence-corrected chi connectivity index (χ1v) is 14.3. The summed E-state index contributed by atoms with van der Waals surface area (Å²) in [4.78, 5) is 15.3. The van der Waals surface area contributed by atoms with Crippen LogP contribution in [0.1, 0.15) is 74.7 Å². The van der Waals surface area contributed by atoms with Crippen LogP contribution in [0.5, 0.6) is 0 Å². The molecule has 0 aromatic rings. The van der Waals surface area contributed by atoms with E-state index >= 15 is 0 Å². The van der Waals surface area contributed by atoms with E-state index in [1.807, 2.05) is 39.8 Å². The van der Waals surface area contributed by atoms with Crippen molar-refractivity contribution in [1.29, 1.82) is 0 Å². The second kappa shape index (κ2) is 11.9. The smallest absolute Gasteiger partial charge is 0.311 e. The Morgan fingerprint density at radius 1 is 1.15 bits per heavy atom. The number of hydrogen-bond donors (Lipinski definition) is 4. The summed E-state index contributed by atoms with van der Waals surface area (Å²) in [5.74, 6) is -2.32. The molecule has 2 bridgehead atoms. The first kappa shape index (κ1) is 32.2. The molecule has 0 radical (unpaired) electrons. The van der Waals surface area contributed by atoms with Crippen LogP contribution < -0.4 is 0 Å². The molecule has 39 heavy (non-hydrogen) atoms. The highest BCUT2D eigenvalue weighted by Crippen LogP contribution is 2.47. The highest BCUT2D eigenvalue weighted by molar-refractivity contribution is 5.73. The van der Waals surface area contributed by atoms with E-state index in [1.54, 1.807) is 27.7 Å². The molecule has 4 N–H and O–H groups in total. The molecule has 10 nitrogen and oxygen atoms in total. The molecule has 13 atom stereocenters. The highest BCUT2D eigenvalue weighted by Gasteiger charge is 2.55. The van der Waals surface area contributed by atoms with Crippen molar-refractivity contribution in [3.63, 3.8) is 0 Å². The number of aliphatic hydroxyl groups excluding tert-OH is 3. The van der Waals surface area contributed by atoms with Gasteiger partial charge in [-0.25, -0.2) is 0 Å². The predicted molar refractivity (Wildman–Crippen MR) is 144 cm³/mol. The zero-order valence-electron chi connectivity index (χ0n) is 25.2. The van der Waals surface area contributed by atoms with Gasteiger partial charge in [-0.3, -0.25) is 4.79 Å². The summed E-state index contributed by atoms with van der Waals surface area (Å²) in [6.45, 7) is 14.1. The van der Waals surface area contributed by atoms with Crippen molar-refractivity contribution in [2.75, 3.05) is 14.1 Å². The number of likely N-dealkylation sites (N-methyl/N-ethyl adjacent to an activating group) is 1. The minimum atomic E-state index is -1.77. The van der Waals surface area contributed by atoms with E-state index in [-0.39, 0.29) is 18.6 Å². The Bertz CT molecular complexity index is 907. The van der Waals surface area contributed by atoms with Crippen LogP contribution in [-0.2, 0) is 23.7 Å². The monoisotopic (exact) mass is 557 g/mol. The van der Waals surface area contributed by atoms with Gasteiger partial charge in [0.05, 0.1) is 30.1 Å². The van der Waals surface area contributed by atoms with Crippen molar-refractivity contribution in [2.45, 2.75) is 135 Å². The van der Waals surface area contributed by atoms with Crippen LogP contribution in [0.4, 0.5) is 0 Å². The Morgan fingerprint density at radius 3 is 2.33 bits per heavy atom. The normalized spacial score (nSPS) is 44.3. The number of nitrogens with zero attached hydrogens (tertiary/aromatic N) is 1. The number of carbonyl (C=O) groups excluding carboxylic acids is 1. The van der Waals surface area contributed by atoms with E-state index in [4.69, 9.17) is 18.9 Å². The zero-order valence-corrected chi connectivity index (χ0v) is 25.2. The van der Waals surface area contributed by atoms with Crippen LogP contribution in [-0.4, -0.2) is 106 Å². The maximum absolute atomic E-state index is 13.3. The van der Waals surface area contributed by atoms with Gasteiger partial charge < -0.3 is 44.3 Å². The standard InChI is InChI=1S/C29H51NO9/c1-11-20(31)29(8,35)25-18(6)23-14(2)13-28(7,39-23)24(16(4)21(32)17(5)26(34)37-25)38-27-22(33)19(30(9)10)12-15(3)36-27/h15-22,24-25,27,31-33,35H,11-13H2,1-10H3/t15?,16-,17+,18-,19?,20+,21-,22?,24+,25+,27-,28+,29+/m0/s1. The lowest BCUT2D eigenvalue weighted by Gasteiger charge is -2.46. The van der Waals surface area contributed by atoms with E-state index in [0.29, 0.717) is 18.6 Å². The van der Waals surface area contributed by atoms with E-state index in [2.05, 4.69) is 0 Å². The third-order valence-electron chi connectivity index (χ3n) is 9.19. The maximum Gasteiger partial charge on any atom is 0.311 e. The van der Waals surface area contributed by atoms with Gasteiger partial charge in [-0.1, -0.05) is 20.8 Å². The number of aliphatic hydroxyl groups is 4. The van der Waals surface area contributed by atoms with Crippen molar-refractivity contribution in [1.82, 2.24) is 4.90 Å². The molecule has 3 heterocycles. The summed E-state index contributed by atoms with van der Waals surface area (Å²) < 4.78 is 25.1. The van der Waals surface area contributed by atoms with Crippen molar-refractivity contribution in [3.8, 4) is 0 Å². The van der Waals surface area contributed by atoms with Crippen molar-refractivity contribution >= 4 is 5.97 Å². The second-order valence-corrected chi connectivity index (χ2v) is 12.8. The Morgan fingerprint density at radius 2 is 1.77 bits per heavy atom. The average Bonchev–Trinajstić information content (AvgIpc) is 3.18. The van der Waals surface area contributed by atoms with E-state index in [1.165, 1.54) is 6.92 Å². The summed E-state index contributed by atoms with van der Waals surface area (Å²) in [5.41, 5.74) is -1.85. The molecule has 10 heteroatoms. The van der Waals surface area contributed by atoms with E-state index in [0.717, 1.165) is 5.57 Å². The minimum absolute atomic E-state index is 0.164. The quantitative estimate of drug-likeness (QED) is 0.359. The zero-order chi connectivity index (χ0) is 29.6. The molecule has 2 saturated heterocycles. The fraction of sp³-hybridized carbons (Fsp3) is 0.897. The van der Waals surface area contributed by atoms with E-state index < -0.39 is 71.7 Å². The lowest BCUT2D eigenvalue weighted by atomic mass is 9.79. The topological polar surface area (TPSA) is 138 Å². The molecule has 3 aliphatic heterocycles. The van der Waals surface area contributed by atoms with Crippen LogP contribution in [0.15, 0.2) is 11.3 Å². The van der Waals surface area contributed by atoms with Gasteiger partial charge in [0, 0.05) is 18.4 Å². The van der Waals surface area contributed by atoms with Crippen LogP contribution >= 0.6 is 0 Å². The van der Waals surface area contributed by atoms with Crippen molar-refractivity contribution in [2.24, 2.45) is 17.8 Å². The molecule has 0 aliphatic carbocycles. The number of rotatable bonds is 6. The van der Waals surface area contributed by atoms with Crippen molar-refractivity contribution < 1.29 is 44.2 Å². The number of cyclic esters (lactones) is 1. The molecular formula is C29H51NO9. The molecule has 3 rings (SSSR count). The number of esters is 1. The van der Waals surface area contributed by atoms with Gasteiger partial charge in [0.1, 0.15) is 35.3 Å². The van der Waals surface area contributed by atoms with Gasteiger partial charge in [-0.05, 0) is 67.1 Å². The Kier molecular flexibility index (Phi) is 9.85. The van der Waals surface area contributed by atoms with Crippen LogP contribution in [0.3, 0.4) is 0 Å². The fourth-order valence-electron chi connectivity index (χ4n) is 6.73. The first-order valence-electron chi connectivity index (χ1n) is 14.3. The van der Waals surface area contributed by atoms with Gasteiger partial charge in [0.2, 0.25) is 0 Å². The van der Waals surface area contributed by atoms with Gasteiger partial charge in [0.15, 0.2) is 6.29 Å². The number of fused-ring (bicyclic) bond motifs is 2. The Balaban J connectivity index is 2.05. The third-order valence-corrected chi connectivity index (χ3v) is 9.19. The Labute approximate surface area is 233 Å². The SMILES string of the molecule is CC[C@@H](O)[C@@](C)(O)[C@@H]1OC(=O)[C@H](C)[C@@H](O)[C@H](C)[C@@H](O[C@@H]2OC(C)CC(N(C)C)C2O)[C@@]2(C)CC(C)=C(O2)[C@@H]1C. The largest absolute Gasteiger partial charge is 0.488 e. The Hall–Kier alpha value is -1.27. The first-order chi connectivity index (χ1) is 18.0. The van der Waals surface area contributed by atoms with Crippen LogP contribution in [0, 0.1) is 17.8 Å². The van der Waals surface area contributed by atoms with Gasteiger partial charge in [0.25, 0.3) is 0 Å². The predicted octanol–water partition coefficient (Wildman–Crippen LogP) is 1.97. The lowest BCUT2D eigenvalue weighted by Crippen LogP contribution is -2.58. The summed E-state index contributed by atoms with van der Waals surface area (Å²) in [5, 5.41) is 44.6. The van der Waals surface area contributed by atoms with Crippen molar-refractivity contribution in [3.05, 3.63) is 11.3 Å². The maximum atomic E-state index is 13.3. The van der Waals surface area contributed by atoms with Gasteiger partial charge in [-0.15, -0.1) is 0 Å². The molecule has 3 aliphatic rings. The molecule has 3 unspecified atom stereocenters. The lowest BCUT2D eigenvalue weighted by molar-refractivity contribution is -0.297. The van der Waals surface area contributed by atoms with E-state index in [9.17, 15) is 25.2 Å². The summed E-state index contributed by atoms with van der Waals surface area (Å²) in [6, 6.07) is -0.184. The molecule has 2 fully saturated rings. The molecule has 0 aromatic heterocycles. The third kappa shape index (κ3) is 6.17. The summed E-state index contributed by atoms with van der Waals surface area (Å²) in [6.07, 6.45) is -4.95. The van der Waals surface area contributed by atoms with Crippen LogP contribution in [0.25, 0.3) is 0 Å². The second-order valence-electron chi connectivity index (χ2n) is 12.8. The molecule has 0 saturated carbocycles. The number of ether oxygens (including phenoxy) is 4. The van der Waals surface area contributed by atoms with Crippen LogP contribution in [0.2, 0.25) is 0 Å². The molecule has 0 amide bonds. The van der Waals surface area contributed by atoms with Gasteiger partial charge >= 0.3 is 5.97 Å².